The summed E-state index contributed by atoms with van der Waals surface area (Å²) < 4.78 is 26.7. The summed E-state index contributed by atoms with van der Waals surface area (Å²) in [6, 6.07) is 7.39. The Kier molecular flexibility index (Phi) is 4.61. The van der Waals surface area contributed by atoms with Gasteiger partial charge < -0.3 is 0 Å². The lowest BCUT2D eigenvalue weighted by atomic mass is 9.82. The van der Waals surface area contributed by atoms with Crippen LogP contribution in [0.1, 0.15) is 42.5 Å². The number of halogens is 2. The molecule has 1 nitrogen and oxygen atoms in total. The lowest BCUT2D eigenvalue weighted by Crippen LogP contribution is -2.27. The Morgan fingerprint density at radius 2 is 2.16 bits per heavy atom. The second kappa shape index (κ2) is 6.04. The molecule has 1 atom stereocenters. The van der Waals surface area contributed by atoms with E-state index in [1.807, 2.05) is 24.5 Å². The molecule has 104 valence electrons. The predicted molar refractivity (Wildman–Crippen MR) is 74.1 cm³/mol. The van der Waals surface area contributed by atoms with Crippen molar-refractivity contribution in [2.45, 2.75) is 42.9 Å². The second-order valence-electron chi connectivity index (χ2n) is 5.15. The minimum absolute atomic E-state index is 0.00681. The van der Waals surface area contributed by atoms with Gasteiger partial charge in [-0.1, -0.05) is 18.2 Å². The van der Waals surface area contributed by atoms with E-state index in [1.165, 1.54) is 11.8 Å². The van der Waals surface area contributed by atoms with Crippen molar-refractivity contribution in [3.63, 3.8) is 0 Å². The first kappa shape index (κ1) is 14.5. The lowest BCUT2D eigenvalue weighted by molar-refractivity contribution is -0.0521. The molecule has 0 bridgehead atoms. The molecule has 0 radical (unpaired) electrons. The van der Waals surface area contributed by atoms with Crippen LogP contribution in [-0.4, -0.2) is 18.0 Å². The fourth-order valence-corrected chi connectivity index (χ4v) is 3.31. The summed E-state index contributed by atoms with van der Waals surface area (Å²) in [6.45, 7) is 0. The monoisotopic (exact) mass is 284 g/mol. The van der Waals surface area contributed by atoms with E-state index >= 15 is 0 Å². The van der Waals surface area contributed by atoms with E-state index in [2.05, 4.69) is 0 Å². The van der Waals surface area contributed by atoms with Crippen molar-refractivity contribution in [2.24, 2.45) is 5.92 Å². The lowest BCUT2D eigenvalue weighted by Gasteiger charge is -2.28. The number of alkyl halides is 2. The first-order valence-electron chi connectivity index (χ1n) is 6.56. The van der Waals surface area contributed by atoms with Gasteiger partial charge in [0.05, 0.1) is 0 Å². The number of rotatable bonds is 4. The quantitative estimate of drug-likeness (QED) is 0.583. The van der Waals surface area contributed by atoms with E-state index in [4.69, 9.17) is 0 Å². The van der Waals surface area contributed by atoms with Crippen molar-refractivity contribution >= 4 is 17.5 Å². The third-order valence-electron chi connectivity index (χ3n) is 3.62. The van der Waals surface area contributed by atoms with Crippen LogP contribution in [0.5, 0.6) is 0 Å². The fourth-order valence-electron chi connectivity index (χ4n) is 2.70. The van der Waals surface area contributed by atoms with Crippen molar-refractivity contribution in [3.8, 4) is 0 Å². The Bertz CT molecular complexity index is 459. The second-order valence-corrected chi connectivity index (χ2v) is 5.99. The predicted octanol–water partition coefficient (Wildman–Crippen LogP) is 4.81. The molecule has 1 saturated carbocycles. The van der Waals surface area contributed by atoms with E-state index in [0.29, 0.717) is 12.0 Å². The molecule has 0 aliphatic heterocycles. The van der Waals surface area contributed by atoms with Gasteiger partial charge in [0.15, 0.2) is 5.78 Å². The highest BCUT2D eigenvalue weighted by Gasteiger charge is 2.36. The number of hydrogen-bond donors (Lipinski definition) is 0. The maximum Gasteiger partial charge on any atom is 0.248 e. The van der Waals surface area contributed by atoms with Gasteiger partial charge >= 0.3 is 0 Å². The molecule has 0 aromatic heterocycles. The third-order valence-corrected chi connectivity index (χ3v) is 4.42. The average molecular weight is 284 g/mol. The highest BCUT2D eigenvalue weighted by molar-refractivity contribution is 7.98. The number of hydrogen-bond acceptors (Lipinski definition) is 2. The first-order valence-corrected chi connectivity index (χ1v) is 7.78. The molecular weight excluding hydrogens is 266 g/mol. The molecule has 0 heterocycles. The van der Waals surface area contributed by atoms with Gasteiger partial charge in [0, 0.05) is 29.7 Å². The van der Waals surface area contributed by atoms with Gasteiger partial charge in [-0.25, -0.2) is 8.78 Å². The van der Waals surface area contributed by atoms with E-state index in [9.17, 15) is 13.6 Å². The Morgan fingerprint density at radius 3 is 2.84 bits per heavy atom. The Morgan fingerprint density at radius 1 is 1.42 bits per heavy atom. The number of carbonyl (C=O) groups is 1. The van der Waals surface area contributed by atoms with E-state index in [1.54, 1.807) is 6.07 Å². The molecule has 1 unspecified atom stereocenters. The van der Waals surface area contributed by atoms with Gasteiger partial charge in [-0.2, -0.15) is 0 Å². The van der Waals surface area contributed by atoms with E-state index < -0.39 is 5.92 Å². The number of thioether (sulfide) groups is 1. The fraction of sp³-hybridized carbons (Fsp3) is 0.533. The van der Waals surface area contributed by atoms with Crippen LogP contribution in [0.4, 0.5) is 8.78 Å². The number of benzene rings is 1. The summed E-state index contributed by atoms with van der Waals surface area (Å²) in [5.74, 6) is -2.76. The van der Waals surface area contributed by atoms with E-state index in [-0.39, 0.29) is 31.0 Å². The van der Waals surface area contributed by atoms with Crippen LogP contribution in [-0.2, 0) is 0 Å². The van der Waals surface area contributed by atoms with Crippen molar-refractivity contribution < 1.29 is 13.6 Å². The van der Waals surface area contributed by atoms with Gasteiger partial charge in [-0.15, -0.1) is 11.8 Å². The zero-order valence-corrected chi connectivity index (χ0v) is 11.8. The van der Waals surface area contributed by atoms with Crippen LogP contribution in [0.2, 0.25) is 0 Å². The molecule has 0 saturated heterocycles. The molecule has 1 aromatic rings. The zero-order chi connectivity index (χ0) is 13.9. The number of Topliss-reactive ketones (excluding diaryl/α,β-unsaturated/α-hetero) is 1. The number of carbonyl (C=O) groups excluding carboxylic acids is 1. The van der Waals surface area contributed by atoms with Crippen LogP contribution in [0.3, 0.4) is 0 Å². The highest BCUT2D eigenvalue weighted by atomic mass is 32.2. The zero-order valence-electron chi connectivity index (χ0n) is 11.0. The molecule has 0 N–H and O–H groups in total. The summed E-state index contributed by atoms with van der Waals surface area (Å²) in [5.41, 5.74) is 0.670. The van der Waals surface area contributed by atoms with Crippen LogP contribution < -0.4 is 0 Å². The maximum absolute atomic E-state index is 13.3. The molecular formula is C15H18F2OS. The van der Waals surface area contributed by atoms with Gasteiger partial charge in [0.1, 0.15) is 0 Å². The largest absolute Gasteiger partial charge is 0.294 e. The molecule has 1 aliphatic carbocycles. The SMILES string of the molecule is CSc1ccccc1C(=O)CC1CCCC(F)(F)C1. The summed E-state index contributed by atoms with van der Waals surface area (Å²) in [7, 11) is 0. The van der Waals surface area contributed by atoms with Crippen molar-refractivity contribution in [1.29, 1.82) is 0 Å². The Labute approximate surface area is 116 Å². The molecule has 0 amide bonds. The standard InChI is InChI=1S/C15H18F2OS/c1-19-14-7-3-2-6-12(14)13(18)9-11-5-4-8-15(16,17)10-11/h2-3,6-7,11H,4-5,8-10H2,1H3. The smallest absolute Gasteiger partial charge is 0.248 e. The van der Waals surface area contributed by atoms with Crippen LogP contribution >= 0.6 is 11.8 Å². The van der Waals surface area contributed by atoms with Gasteiger partial charge in [0.2, 0.25) is 5.92 Å². The van der Waals surface area contributed by atoms with Crippen LogP contribution in [0, 0.1) is 5.92 Å². The minimum Gasteiger partial charge on any atom is -0.294 e. The molecule has 0 spiro atoms. The number of ketones is 1. The summed E-state index contributed by atoms with van der Waals surface area (Å²) >= 11 is 1.52. The minimum atomic E-state index is -2.58. The molecule has 19 heavy (non-hydrogen) atoms. The van der Waals surface area contributed by atoms with E-state index in [0.717, 1.165) is 11.3 Å². The van der Waals surface area contributed by atoms with Gasteiger partial charge in [0.25, 0.3) is 0 Å². The van der Waals surface area contributed by atoms with Crippen LogP contribution in [0.25, 0.3) is 0 Å². The van der Waals surface area contributed by atoms with Crippen molar-refractivity contribution in [1.82, 2.24) is 0 Å². The molecule has 2 rings (SSSR count). The third kappa shape index (κ3) is 3.78. The molecule has 1 aliphatic rings. The normalized spacial score (nSPS) is 22.2. The van der Waals surface area contributed by atoms with Crippen molar-refractivity contribution in [2.75, 3.05) is 6.26 Å². The Hall–Kier alpha value is -0.900. The maximum atomic E-state index is 13.3. The molecule has 4 heteroatoms. The van der Waals surface area contributed by atoms with Gasteiger partial charge in [-0.3, -0.25) is 4.79 Å². The van der Waals surface area contributed by atoms with Crippen LogP contribution in [0.15, 0.2) is 29.2 Å². The molecule has 1 aromatic carbocycles. The summed E-state index contributed by atoms with van der Waals surface area (Å²) in [5, 5.41) is 0. The molecule has 1 fully saturated rings. The van der Waals surface area contributed by atoms with Crippen molar-refractivity contribution in [3.05, 3.63) is 29.8 Å². The average Bonchev–Trinajstić information content (AvgIpc) is 2.37. The first-order chi connectivity index (χ1) is 9.02. The topological polar surface area (TPSA) is 17.1 Å². The Balaban J connectivity index is 2.05. The highest BCUT2D eigenvalue weighted by Crippen LogP contribution is 2.38. The summed E-state index contributed by atoms with van der Waals surface area (Å²) in [4.78, 5) is 13.2. The van der Waals surface area contributed by atoms with Gasteiger partial charge in [-0.05, 0) is 31.1 Å². The summed E-state index contributed by atoms with van der Waals surface area (Å²) in [6.07, 6.45) is 3.26.